The van der Waals surface area contributed by atoms with Crippen LogP contribution in [0.5, 0.6) is 0 Å². The molecule has 2 aromatic rings. The van der Waals surface area contributed by atoms with Crippen molar-refractivity contribution in [3.63, 3.8) is 0 Å². The van der Waals surface area contributed by atoms with E-state index in [2.05, 4.69) is 21.2 Å². The standard InChI is InChI=1S/C15H15BrF3NO/c1-2-7-20-14(13-4-3-8-21-13)11-9-10(15(17,18)19)5-6-12(11)16/h3-6,8-9,14,20H,2,7H2,1H3. The maximum Gasteiger partial charge on any atom is 0.416 e. The van der Waals surface area contributed by atoms with Crippen LogP contribution in [0.3, 0.4) is 0 Å². The molecule has 0 aliphatic carbocycles. The van der Waals surface area contributed by atoms with Crippen molar-refractivity contribution in [2.45, 2.75) is 25.6 Å². The van der Waals surface area contributed by atoms with Gasteiger partial charge in [0.15, 0.2) is 0 Å². The van der Waals surface area contributed by atoms with Crippen LogP contribution in [0.1, 0.15) is 36.3 Å². The fraction of sp³-hybridized carbons (Fsp3) is 0.333. The topological polar surface area (TPSA) is 25.2 Å². The molecule has 2 rings (SSSR count). The van der Waals surface area contributed by atoms with E-state index in [4.69, 9.17) is 4.42 Å². The van der Waals surface area contributed by atoms with Crippen molar-refractivity contribution in [1.29, 1.82) is 0 Å². The Bertz CT molecular complexity index is 581. The van der Waals surface area contributed by atoms with Gasteiger partial charge in [-0.05, 0) is 48.9 Å². The van der Waals surface area contributed by atoms with Gasteiger partial charge in [0.25, 0.3) is 0 Å². The Balaban J connectivity index is 2.44. The molecule has 0 spiro atoms. The minimum atomic E-state index is -4.37. The quantitative estimate of drug-likeness (QED) is 0.796. The lowest BCUT2D eigenvalue weighted by Gasteiger charge is -2.20. The van der Waals surface area contributed by atoms with Crippen LogP contribution in [0, 0.1) is 0 Å². The molecule has 1 aromatic heterocycles. The average Bonchev–Trinajstić information content (AvgIpc) is 2.93. The van der Waals surface area contributed by atoms with E-state index in [1.807, 2.05) is 6.92 Å². The van der Waals surface area contributed by atoms with Crippen LogP contribution in [-0.4, -0.2) is 6.54 Å². The summed E-state index contributed by atoms with van der Waals surface area (Å²) >= 11 is 3.33. The molecule has 0 fully saturated rings. The Morgan fingerprint density at radius 3 is 2.62 bits per heavy atom. The van der Waals surface area contributed by atoms with Gasteiger partial charge in [-0.1, -0.05) is 22.9 Å². The number of benzene rings is 1. The molecule has 2 nitrogen and oxygen atoms in total. The van der Waals surface area contributed by atoms with Crippen molar-refractivity contribution in [3.05, 3.63) is 58.0 Å². The second-order valence-corrected chi connectivity index (χ2v) is 5.49. The Morgan fingerprint density at radius 1 is 1.29 bits per heavy atom. The van der Waals surface area contributed by atoms with Gasteiger partial charge in [-0.2, -0.15) is 13.2 Å². The van der Waals surface area contributed by atoms with E-state index in [0.717, 1.165) is 18.6 Å². The summed E-state index contributed by atoms with van der Waals surface area (Å²) < 4.78 is 44.7. The Labute approximate surface area is 129 Å². The van der Waals surface area contributed by atoms with Crippen molar-refractivity contribution in [1.82, 2.24) is 5.32 Å². The first-order valence-electron chi connectivity index (χ1n) is 6.57. The molecule has 1 N–H and O–H groups in total. The number of nitrogens with one attached hydrogen (secondary N) is 1. The molecule has 1 aromatic carbocycles. The maximum absolute atomic E-state index is 12.9. The SMILES string of the molecule is CCCNC(c1ccco1)c1cc(C(F)(F)F)ccc1Br. The number of alkyl halides is 3. The van der Waals surface area contributed by atoms with Crippen LogP contribution in [0.15, 0.2) is 45.5 Å². The van der Waals surface area contributed by atoms with Gasteiger partial charge in [0.05, 0.1) is 17.9 Å². The molecule has 21 heavy (non-hydrogen) atoms. The van der Waals surface area contributed by atoms with Gasteiger partial charge < -0.3 is 9.73 Å². The highest BCUT2D eigenvalue weighted by molar-refractivity contribution is 9.10. The monoisotopic (exact) mass is 361 g/mol. The van der Waals surface area contributed by atoms with E-state index in [-0.39, 0.29) is 0 Å². The zero-order valence-electron chi connectivity index (χ0n) is 11.4. The predicted octanol–water partition coefficient (Wildman–Crippen LogP) is 5.15. The zero-order chi connectivity index (χ0) is 15.5. The summed E-state index contributed by atoms with van der Waals surface area (Å²) in [5.74, 6) is 0.587. The minimum absolute atomic E-state index is 0.420. The summed E-state index contributed by atoms with van der Waals surface area (Å²) in [7, 11) is 0. The van der Waals surface area contributed by atoms with Crippen LogP contribution in [-0.2, 0) is 6.18 Å². The van der Waals surface area contributed by atoms with Crippen LogP contribution >= 0.6 is 15.9 Å². The first kappa shape index (κ1) is 16.1. The molecule has 0 amide bonds. The first-order valence-corrected chi connectivity index (χ1v) is 7.36. The average molecular weight is 362 g/mol. The van der Waals surface area contributed by atoms with Gasteiger partial charge in [0.2, 0.25) is 0 Å². The molecule has 0 saturated carbocycles. The van der Waals surface area contributed by atoms with Crippen molar-refractivity contribution in [2.75, 3.05) is 6.54 Å². The smallest absolute Gasteiger partial charge is 0.416 e. The summed E-state index contributed by atoms with van der Waals surface area (Å²) in [6, 6.07) is 6.68. The lowest BCUT2D eigenvalue weighted by Crippen LogP contribution is -2.23. The van der Waals surface area contributed by atoms with Gasteiger partial charge in [-0.15, -0.1) is 0 Å². The molecular weight excluding hydrogens is 347 g/mol. The summed E-state index contributed by atoms with van der Waals surface area (Å²) in [5, 5.41) is 3.22. The normalized spacial score (nSPS) is 13.4. The number of furan rings is 1. The highest BCUT2D eigenvalue weighted by Crippen LogP contribution is 2.35. The lowest BCUT2D eigenvalue weighted by atomic mass is 10.0. The molecule has 6 heteroatoms. The maximum atomic E-state index is 12.9. The molecule has 0 radical (unpaired) electrons. The Morgan fingerprint density at radius 2 is 2.05 bits per heavy atom. The minimum Gasteiger partial charge on any atom is -0.467 e. The molecule has 114 valence electrons. The van der Waals surface area contributed by atoms with Gasteiger partial charge in [0, 0.05) is 4.47 Å². The predicted molar refractivity (Wildman–Crippen MR) is 78.0 cm³/mol. The van der Waals surface area contributed by atoms with E-state index in [1.54, 1.807) is 12.1 Å². The first-order chi connectivity index (χ1) is 9.93. The molecule has 0 saturated heterocycles. The van der Waals surface area contributed by atoms with E-state index in [9.17, 15) is 13.2 Å². The number of halogens is 4. The number of rotatable bonds is 5. The third-order valence-electron chi connectivity index (χ3n) is 3.06. The van der Waals surface area contributed by atoms with Crippen LogP contribution < -0.4 is 5.32 Å². The molecule has 0 aliphatic rings. The Kier molecular flexibility index (Phi) is 5.11. The third kappa shape index (κ3) is 3.89. The second-order valence-electron chi connectivity index (χ2n) is 4.64. The summed E-state index contributed by atoms with van der Waals surface area (Å²) in [6.45, 7) is 2.67. The van der Waals surface area contributed by atoms with Crippen molar-refractivity contribution in [2.24, 2.45) is 0 Å². The second kappa shape index (κ2) is 6.66. The van der Waals surface area contributed by atoms with Gasteiger partial charge in [-0.25, -0.2) is 0 Å². The van der Waals surface area contributed by atoms with Crippen LogP contribution in [0.2, 0.25) is 0 Å². The summed E-state index contributed by atoms with van der Waals surface area (Å²) in [6.07, 6.45) is -1.99. The van der Waals surface area contributed by atoms with E-state index in [1.165, 1.54) is 12.3 Å². The van der Waals surface area contributed by atoms with Crippen LogP contribution in [0.4, 0.5) is 13.2 Å². The van der Waals surface area contributed by atoms with Crippen LogP contribution in [0.25, 0.3) is 0 Å². The highest BCUT2D eigenvalue weighted by Gasteiger charge is 2.32. The lowest BCUT2D eigenvalue weighted by molar-refractivity contribution is -0.137. The third-order valence-corrected chi connectivity index (χ3v) is 3.78. The Hall–Kier alpha value is -1.27. The van der Waals surface area contributed by atoms with E-state index < -0.39 is 17.8 Å². The number of hydrogen-bond donors (Lipinski definition) is 1. The molecule has 0 aliphatic heterocycles. The summed E-state index contributed by atoms with van der Waals surface area (Å²) in [4.78, 5) is 0. The molecule has 0 bridgehead atoms. The van der Waals surface area contributed by atoms with Gasteiger partial charge in [-0.3, -0.25) is 0 Å². The van der Waals surface area contributed by atoms with E-state index in [0.29, 0.717) is 22.3 Å². The van der Waals surface area contributed by atoms with Gasteiger partial charge >= 0.3 is 6.18 Å². The molecule has 1 heterocycles. The highest BCUT2D eigenvalue weighted by atomic mass is 79.9. The molecule has 1 atom stereocenters. The van der Waals surface area contributed by atoms with Crippen molar-refractivity contribution in [3.8, 4) is 0 Å². The largest absolute Gasteiger partial charge is 0.467 e. The molecular formula is C15H15BrF3NO. The van der Waals surface area contributed by atoms with Crippen molar-refractivity contribution >= 4 is 15.9 Å². The summed E-state index contributed by atoms with van der Waals surface area (Å²) in [5.41, 5.74) is -0.163. The zero-order valence-corrected chi connectivity index (χ0v) is 13.0. The fourth-order valence-corrected chi connectivity index (χ4v) is 2.52. The van der Waals surface area contributed by atoms with Gasteiger partial charge in [0.1, 0.15) is 5.76 Å². The van der Waals surface area contributed by atoms with E-state index >= 15 is 0 Å². The number of hydrogen-bond acceptors (Lipinski definition) is 2. The fourth-order valence-electron chi connectivity index (χ4n) is 2.05. The van der Waals surface area contributed by atoms with Crippen molar-refractivity contribution < 1.29 is 17.6 Å². The molecule has 1 unspecified atom stereocenters.